The molecule has 0 spiro atoms. The van der Waals surface area contributed by atoms with Gasteiger partial charge in [0.2, 0.25) is 0 Å². The van der Waals surface area contributed by atoms with Crippen molar-refractivity contribution in [2.75, 3.05) is 7.05 Å². The van der Waals surface area contributed by atoms with E-state index in [0.29, 0.717) is 0 Å². The highest BCUT2D eigenvalue weighted by atomic mass is 16.3. The number of rotatable bonds is 0. The van der Waals surface area contributed by atoms with E-state index >= 15 is 0 Å². The molecule has 0 aliphatic carbocycles. The molecule has 3 amide bonds. The highest BCUT2D eigenvalue weighted by Gasteiger charge is 2.51. The Morgan fingerprint density at radius 1 is 1.57 bits per heavy atom. The number of hydrogen-bond acceptors (Lipinski definition) is 6. The fraction of sp³-hybridized carbons (Fsp3) is 0.333. The van der Waals surface area contributed by atoms with Crippen LogP contribution < -0.4 is 10.7 Å². The summed E-state index contributed by atoms with van der Waals surface area (Å²) in [6.45, 7) is 0. The van der Waals surface area contributed by atoms with Crippen molar-refractivity contribution in [2.24, 2.45) is 10.1 Å². The maximum atomic E-state index is 11.5. The highest BCUT2D eigenvalue weighted by molar-refractivity contribution is 6.23. The normalized spacial score (nSPS) is 30.4. The topological polar surface area (TPSA) is 106 Å². The summed E-state index contributed by atoms with van der Waals surface area (Å²) in [7, 11) is 1.24. The van der Waals surface area contributed by atoms with Crippen molar-refractivity contribution in [2.45, 2.75) is 5.72 Å². The van der Waals surface area contributed by atoms with E-state index in [2.05, 4.69) is 20.8 Å². The van der Waals surface area contributed by atoms with Gasteiger partial charge in [-0.15, -0.1) is 0 Å². The van der Waals surface area contributed by atoms with Crippen molar-refractivity contribution in [3.63, 3.8) is 0 Å². The molecule has 0 aromatic heterocycles. The van der Waals surface area contributed by atoms with Crippen LogP contribution in [-0.4, -0.2) is 46.9 Å². The number of carbonyl (C=O) groups is 2. The number of hydrogen-bond donors (Lipinski definition) is 3. The molecule has 14 heavy (non-hydrogen) atoms. The molecule has 2 heterocycles. The monoisotopic (exact) mass is 197 g/mol. The summed E-state index contributed by atoms with van der Waals surface area (Å²) < 4.78 is 0. The van der Waals surface area contributed by atoms with E-state index in [1.807, 2.05) is 0 Å². The summed E-state index contributed by atoms with van der Waals surface area (Å²) >= 11 is 0. The van der Waals surface area contributed by atoms with Gasteiger partial charge < -0.3 is 5.11 Å². The molecule has 1 fully saturated rings. The lowest BCUT2D eigenvalue weighted by Gasteiger charge is -2.34. The van der Waals surface area contributed by atoms with Crippen molar-refractivity contribution < 1.29 is 14.7 Å². The molecule has 1 saturated heterocycles. The predicted molar refractivity (Wildman–Crippen MR) is 45.3 cm³/mol. The predicted octanol–water partition coefficient (Wildman–Crippen LogP) is -2.20. The van der Waals surface area contributed by atoms with E-state index in [1.165, 1.54) is 7.05 Å². The second-order valence-corrected chi connectivity index (χ2v) is 2.81. The van der Waals surface area contributed by atoms with Crippen LogP contribution in [-0.2, 0) is 4.79 Å². The summed E-state index contributed by atoms with van der Waals surface area (Å²) in [6, 6.07) is -0.655. The Morgan fingerprint density at radius 2 is 2.29 bits per heavy atom. The van der Waals surface area contributed by atoms with Gasteiger partial charge in [-0.1, -0.05) is 0 Å². The number of aliphatic hydroxyl groups is 1. The molecule has 2 aliphatic heterocycles. The minimum Gasteiger partial charge on any atom is -0.356 e. The third kappa shape index (κ3) is 0.909. The van der Waals surface area contributed by atoms with Gasteiger partial charge in [0.1, 0.15) is 6.34 Å². The summed E-state index contributed by atoms with van der Waals surface area (Å²) in [6.07, 6.45) is 1.08. The van der Waals surface area contributed by atoms with E-state index in [9.17, 15) is 14.7 Å². The third-order valence-corrected chi connectivity index (χ3v) is 1.95. The van der Waals surface area contributed by atoms with Gasteiger partial charge in [0, 0.05) is 7.05 Å². The number of amides is 3. The Kier molecular flexibility index (Phi) is 1.55. The first-order chi connectivity index (χ1) is 6.55. The van der Waals surface area contributed by atoms with E-state index in [1.54, 1.807) is 0 Å². The van der Waals surface area contributed by atoms with Crippen LogP contribution in [0.5, 0.6) is 0 Å². The smallest absolute Gasteiger partial charge is 0.329 e. The number of aliphatic imine (C=N–C) groups is 1. The number of nitrogens with zero attached hydrogens (tertiary/aromatic N) is 3. The number of likely N-dealkylation sites (N-methyl/N-ethyl adjacent to an activating group) is 1. The molecule has 0 unspecified atom stereocenters. The van der Waals surface area contributed by atoms with Crippen LogP contribution in [0, 0.1) is 0 Å². The fourth-order valence-corrected chi connectivity index (χ4v) is 1.14. The SMILES string of the molecule is CN1C(=O)NC2=NNC=N[C@]2(O)C1=O. The van der Waals surface area contributed by atoms with E-state index in [0.717, 1.165) is 11.2 Å². The minimum atomic E-state index is -2.10. The molecular weight excluding hydrogens is 190 g/mol. The maximum absolute atomic E-state index is 11.5. The van der Waals surface area contributed by atoms with Crippen LogP contribution >= 0.6 is 0 Å². The van der Waals surface area contributed by atoms with E-state index in [-0.39, 0.29) is 5.84 Å². The number of fused-ring (bicyclic) bond motifs is 1. The number of carbonyl (C=O) groups excluding carboxylic acids is 2. The Morgan fingerprint density at radius 3 is 3.00 bits per heavy atom. The Bertz CT molecular complexity index is 376. The first-order valence-corrected chi connectivity index (χ1v) is 3.74. The zero-order chi connectivity index (χ0) is 10.3. The summed E-state index contributed by atoms with van der Waals surface area (Å²) in [4.78, 5) is 26.9. The maximum Gasteiger partial charge on any atom is 0.329 e. The van der Waals surface area contributed by atoms with Gasteiger partial charge in [-0.2, -0.15) is 5.10 Å². The molecule has 0 radical (unpaired) electrons. The largest absolute Gasteiger partial charge is 0.356 e. The molecule has 2 rings (SSSR count). The van der Waals surface area contributed by atoms with Crippen molar-refractivity contribution in [1.29, 1.82) is 0 Å². The number of urea groups is 1. The molecule has 2 aliphatic rings. The molecule has 3 N–H and O–H groups in total. The van der Waals surface area contributed by atoms with E-state index in [4.69, 9.17) is 0 Å². The molecule has 0 saturated carbocycles. The zero-order valence-electron chi connectivity index (χ0n) is 7.18. The van der Waals surface area contributed by atoms with Crippen LogP contribution in [0.15, 0.2) is 10.1 Å². The molecule has 0 bridgehead atoms. The van der Waals surface area contributed by atoms with Crippen molar-refractivity contribution in [1.82, 2.24) is 15.6 Å². The Hall–Kier alpha value is -1.96. The molecule has 1 atom stereocenters. The number of hydrazone groups is 1. The number of amidine groups is 1. The summed E-state index contributed by atoms with van der Waals surface area (Å²) in [5.74, 6) is -1.05. The van der Waals surface area contributed by atoms with Crippen molar-refractivity contribution >= 4 is 24.1 Å². The lowest BCUT2D eigenvalue weighted by molar-refractivity contribution is -0.141. The van der Waals surface area contributed by atoms with Crippen LogP contribution in [0.2, 0.25) is 0 Å². The summed E-state index contributed by atoms with van der Waals surface area (Å²) in [5, 5.41) is 15.5. The van der Waals surface area contributed by atoms with Crippen LogP contribution in [0.4, 0.5) is 4.79 Å². The average molecular weight is 197 g/mol. The number of imide groups is 1. The fourth-order valence-electron chi connectivity index (χ4n) is 1.14. The standard InChI is InChI=1S/C6H7N5O3/c1-11-4(12)6(14)3(9-5(11)13)10-8-2-7-6/h2,14H,1H3,(H,7,8)(H,9,10,13)/t6-/m1/s1. The molecule has 0 aromatic carbocycles. The molecule has 74 valence electrons. The third-order valence-electron chi connectivity index (χ3n) is 1.95. The van der Waals surface area contributed by atoms with Gasteiger partial charge in [-0.05, 0) is 0 Å². The van der Waals surface area contributed by atoms with Crippen LogP contribution in [0.3, 0.4) is 0 Å². The van der Waals surface area contributed by atoms with Crippen molar-refractivity contribution in [3.8, 4) is 0 Å². The van der Waals surface area contributed by atoms with Gasteiger partial charge in [-0.25, -0.2) is 9.79 Å². The van der Waals surface area contributed by atoms with E-state index < -0.39 is 17.7 Å². The molecule has 8 heteroatoms. The minimum absolute atomic E-state index is 0.215. The lowest BCUT2D eigenvalue weighted by Crippen LogP contribution is -2.67. The quantitative estimate of drug-likeness (QED) is 0.409. The Labute approximate surface area is 78.3 Å². The Balaban J connectivity index is 2.46. The molecule has 0 aromatic rings. The second kappa shape index (κ2) is 2.51. The lowest BCUT2D eigenvalue weighted by atomic mass is 10.1. The highest BCUT2D eigenvalue weighted by Crippen LogP contribution is 2.17. The first-order valence-electron chi connectivity index (χ1n) is 3.74. The van der Waals surface area contributed by atoms with Gasteiger partial charge in [0.05, 0.1) is 0 Å². The first kappa shape index (κ1) is 8.63. The van der Waals surface area contributed by atoms with Gasteiger partial charge in [-0.3, -0.25) is 20.4 Å². The van der Waals surface area contributed by atoms with Gasteiger partial charge >= 0.3 is 6.03 Å². The van der Waals surface area contributed by atoms with Crippen LogP contribution in [0.25, 0.3) is 0 Å². The molecule has 8 nitrogen and oxygen atoms in total. The van der Waals surface area contributed by atoms with Gasteiger partial charge in [0.25, 0.3) is 11.6 Å². The van der Waals surface area contributed by atoms with Crippen LogP contribution in [0.1, 0.15) is 0 Å². The number of nitrogens with one attached hydrogen (secondary N) is 2. The zero-order valence-corrected chi connectivity index (χ0v) is 7.18. The van der Waals surface area contributed by atoms with Crippen molar-refractivity contribution in [3.05, 3.63) is 0 Å². The summed E-state index contributed by atoms with van der Waals surface area (Å²) in [5.41, 5.74) is 0.213. The second-order valence-electron chi connectivity index (χ2n) is 2.81. The molecular formula is C6H7N5O3. The average Bonchev–Trinajstić information content (AvgIpc) is 2.17. The van der Waals surface area contributed by atoms with Gasteiger partial charge in [0.15, 0.2) is 5.84 Å².